The number of nitrogens with one attached hydrogen (secondary N) is 1. The van der Waals surface area contributed by atoms with E-state index in [1.165, 1.54) is 0 Å². The minimum absolute atomic E-state index is 0.0104. The van der Waals surface area contributed by atoms with Gasteiger partial charge in [-0.25, -0.2) is 0 Å². The van der Waals surface area contributed by atoms with Crippen LogP contribution in [0, 0.1) is 12.3 Å². The van der Waals surface area contributed by atoms with Crippen molar-refractivity contribution in [3.63, 3.8) is 0 Å². The Labute approximate surface area is 73.8 Å². The molecular formula is C9H17NO2. The second-order valence-corrected chi connectivity index (χ2v) is 2.75. The molecule has 0 amide bonds. The van der Waals surface area contributed by atoms with Gasteiger partial charge in [-0.2, -0.15) is 0 Å². The SMILES string of the molecule is C#CC(CCC)NCC(O)CO. The van der Waals surface area contributed by atoms with Gasteiger partial charge in [-0.3, -0.25) is 0 Å². The van der Waals surface area contributed by atoms with E-state index in [1.807, 2.05) is 0 Å². The molecule has 0 spiro atoms. The molecule has 0 aliphatic rings. The molecule has 3 nitrogen and oxygen atoms in total. The first-order chi connectivity index (χ1) is 5.74. The van der Waals surface area contributed by atoms with Crippen molar-refractivity contribution in [2.45, 2.75) is 31.9 Å². The molecule has 0 aromatic heterocycles. The summed E-state index contributed by atoms with van der Waals surface area (Å²) in [6.07, 6.45) is 6.43. The van der Waals surface area contributed by atoms with Crippen LogP contribution in [0.15, 0.2) is 0 Å². The van der Waals surface area contributed by atoms with Crippen LogP contribution in [0.1, 0.15) is 19.8 Å². The molecule has 70 valence electrons. The fourth-order valence-electron chi connectivity index (χ4n) is 0.876. The Hall–Kier alpha value is -0.560. The largest absolute Gasteiger partial charge is 0.394 e. The molecule has 12 heavy (non-hydrogen) atoms. The van der Waals surface area contributed by atoms with Crippen LogP contribution in [0.4, 0.5) is 0 Å². The van der Waals surface area contributed by atoms with Crippen molar-refractivity contribution < 1.29 is 10.2 Å². The molecule has 0 heterocycles. The highest BCUT2D eigenvalue weighted by Gasteiger charge is 2.05. The monoisotopic (exact) mass is 171 g/mol. The zero-order chi connectivity index (χ0) is 9.40. The average molecular weight is 171 g/mol. The topological polar surface area (TPSA) is 52.5 Å². The lowest BCUT2D eigenvalue weighted by Crippen LogP contribution is -2.36. The average Bonchev–Trinajstić information content (AvgIpc) is 2.11. The number of terminal acetylenes is 1. The van der Waals surface area contributed by atoms with Gasteiger partial charge in [0.25, 0.3) is 0 Å². The summed E-state index contributed by atoms with van der Waals surface area (Å²) in [5.74, 6) is 2.58. The quantitative estimate of drug-likeness (QED) is 0.482. The van der Waals surface area contributed by atoms with E-state index >= 15 is 0 Å². The molecule has 0 fully saturated rings. The van der Waals surface area contributed by atoms with Crippen LogP contribution in [-0.4, -0.2) is 35.5 Å². The summed E-state index contributed by atoms with van der Waals surface area (Å²) in [6.45, 7) is 2.18. The Morgan fingerprint density at radius 2 is 2.25 bits per heavy atom. The Bertz CT molecular complexity index is 142. The summed E-state index contributed by atoms with van der Waals surface area (Å²) in [7, 11) is 0. The number of aliphatic hydroxyl groups is 2. The second kappa shape index (κ2) is 7.11. The summed E-state index contributed by atoms with van der Waals surface area (Å²) in [5.41, 5.74) is 0. The van der Waals surface area contributed by atoms with E-state index in [4.69, 9.17) is 16.6 Å². The summed E-state index contributed by atoms with van der Waals surface area (Å²) in [6, 6.07) is 0.0104. The Morgan fingerprint density at radius 1 is 1.58 bits per heavy atom. The van der Waals surface area contributed by atoms with Gasteiger partial charge in [0, 0.05) is 6.54 Å². The first-order valence-corrected chi connectivity index (χ1v) is 4.23. The predicted octanol–water partition coefficient (Wildman–Crippen LogP) is -0.269. The predicted molar refractivity (Wildman–Crippen MR) is 48.6 cm³/mol. The van der Waals surface area contributed by atoms with Gasteiger partial charge in [-0.15, -0.1) is 6.42 Å². The highest BCUT2D eigenvalue weighted by Crippen LogP contribution is 1.94. The van der Waals surface area contributed by atoms with Crippen molar-refractivity contribution in [2.24, 2.45) is 0 Å². The molecule has 0 saturated carbocycles. The van der Waals surface area contributed by atoms with E-state index in [-0.39, 0.29) is 12.6 Å². The van der Waals surface area contributed by atoms with Crippen molar-refractivity contribution in [1.82, 2.24) is 5.32 Å². The molecule has 3 N–H and O–H groups in total. The third-order valence-electron chi connectivity index (χ3n) is 1.59. The fraction of sp³-hybridized carbons (Fsp3) is 0.778. The molecule has 0 aromatic carbocycles. The second-order valence-electron chi connectivity index (χ2n) is 2.75. The van der Waals surface area contributed by atoms with Crippen LogP contribution in [0.2, 0.25) is 0 Å². The molecule has 0 bridgehead atoms. The Kier molecular flexibility index (Phi) is 6.78. The van der Waals surface area contributed by atoms with Crippen molar-refractivity contribution in [3.8, 4) is 12.3 Å². The zero-order valence-electron chi connectivity index (χ0n) is 7.45. The third kappa shape index (κ3) is 5.14. The van der Waals surface area contributed by atoms with E-state index in [0.717, 1.165) is 12.8 Å². The molecule has 0 saturated heterocycles. The van der Waals surface area contributed by atoms with E-state index in [0.29, 0.717) is 6.54 Å². The smallest absolute Gasteiger partial charge is 0.0895 e. The highest BCUT2D eigenvalue weighted by atomic mass is 16.3. The molecule has 0 aliphatic carbocycles. The Morgan fingerprint density at radius 3 is 2.67 bits per heavy atom. The molecule has 3 heteroatoms. The summed E-state index contributed by atoms with van der Waals surface area (Å²) in [4.78, 5) is 0. The molecule has 0 rings (SSSR count). The highest BCUT2D eigenvalue weighted by molar-refractivity contribution is 4.98. The first-order valence-electron chi connectivity index (χ1n) is 4.23. The third-order valence-corrected chi connectivity index (χ3v) is 1.59. The van der Waals surface area contributed by atoms with Crippen molar-refractivity contribution in [2.75, 3.05) is 13.2 Å². The number of hydrogen-bond acceptors (Lipinski definition) is 3. The van der Waals surface area contributed by atoms with Gasteiger partial charge in [0.15, 0.2) is 0 Å². The molecule has 0 radical (unpaired) electrons. The van der Waals surface area contributed by atoms with Gasteiger partial charge < -0.3 is 15.5 Å². The maximum Gasteiger partial charge on any atom is 0.0895 e. The maximum atomic E-state index is 8.99. The van der Waals surface area contributed by atoms with Crippen LogP contribution in [0.3, 0.4) is 0 Å². The summed E-state index contributed by atoms with van der Waals surface area (Å²) < 4.78 is 0. The van der Waals surface area contributed by atoms with Crippen LogP contribution >= 0.6 is 0 Å². The van der Waals surface area contributed by atoms with Gasteiger partial charge in [-0.05, 0) is 6.42 Å². The van der Waals surface area contributed by atoms with Crippen molar-refractivity contribution in [1.29, 1.82) is 0 Å². The van der Waals surface area contributed by atoms with Gasteiger partial charge in [0.1, 0.15) is 0 Å². The molecule has 2 atom stereocenters. The summed E-state index contributed by atoms with van der Waals surface area (Å²) >= 11 is 0. The minimum atomic E-state index is -0.710. The van der Waals surface area contributed by atoms with Crippen LogP contribution in [-0.2, 0) is 0 Å². The van der Waals surface area contributed by atoms with Crippen molar-refractivity contribution in [3.05, 3.63) is 0 Å². The van der Waals surface area contributed by atoms with Gasteiger partial charge in [-0.1, -0.05) is 19.3 Å². The van der Waals surface area contributed by atoms with E-state index < -0.39 is 6.10 Å². The normalized spacial score (nSPS) is 15.2. The van der Waals surface area contributed by atoms with Gasteiger partial charge in [0.05, 0.1) is 18.8 Å². The lowest BCUT2D eigenvalue weighted by molar-refractivity contribution is 0.0931. The molecule has 0 aromatic rings. The first kappa shape index (κ1) is 11.4. The fourth-order valence-corrected chi connectivity index (χ4v) is 0.876. The van der Waals surface area contributed by atoms with E-state index in [9.17, 15) is 0 Å². The number of rotatable bonds is 6. The molecule has 0 aliphatic heterocycles. The van der Waals surface area contributed by atoms with E-state index in [2.05, 4.69) is 18.2 Å². The lowest BCUT2D eigenvalue weighted by Gasteiger charge is -2.13. The van der Waals surface area contributed by atoms with Gasteiger partial charge in [0.2, 0.25) is 0 Å². The van der Waals surface area contributed by atoms with Crippen molar-refractivity contribution >= 4 is 0 Å². The molecule has 2 unspecified atom stereocenters. The lowest BCUT2D eigenvalue weighted by atomic mass is 10.2. The summed E-state index contributed by atoms with van der Waals surface area (Å²) in [5, 5.41) is 20.5. The Balaban J connectivity index is 3.52. The zero-order valence-corrected chi connectivity index (χ0v) is 7.45. The van der Waals surface area contributed by atoms with Crippen LogP contribution in [0.5, 0.6) is 0 Å². The van der Waals surface area contributed by atoms with Crippen LogP contribution < -0.4 is 5.32 Å². The standard InChI is InChI=1S/C9H17NO2/c1-3-5-8(4-2)10-6-9(12)7-11/h2,8-12H,3,5-7H2,1H3. The minimum Gasteiger partial charge on any atom is -0.394 e. The number of hydrogen-bond donors (Lipinski definition) is 3. The molecular weight excluding hydrogens is 154 g/mol. The van der Waals surface area contributed by atoms with Gasteiger partial charge >= 0.3 is 0 Å². The maximum absolute atomic E-state index is 8.99. The van der Waals surface area contributed by atoms with E-state index in [1.54, 1.807) is 0 Å². The van der Waals surface area contributed by atoms with Crippen LogP contribution in [0.25, 0.3) is 0 Å². The number of aliphatic hydroxyl groups excluding tert-OH is 2.